The van der Waals surface area contributed by atoms with E-state index in [0.717, 1.165) is 10.4 Å². The van der Waals surface area contributed by atoms with Crippen molar-refractivity contribution in [2.24, 2.45) is 0 Å². The summed E-state index contributed by atoms with van der Waals surface area (Å²) in [6.45, 7) is 12.8. The largest absolute Gasteiger partial charge is 0.341 e. The fourth-order valence-corrected chi connectivity index (χ4v) is 3.44. The average Bonchev–Trinajstić information content (AvgIpc) is 3.13. The van der Waals surface area contributed by atoms with Crippen LogP contribution in [0.15, 0.2) is 54.4 Å². The maximum absolute atomic E-state index is 12.8. The molecule has 2 rings (SSSR count). The number of carbonyl (C=O) groups is 2. The molecule has 144 valence electrons. The Bertz CT molecular complexity index is 774. The van der Waals surface area contributed by atoms with E-state index in [4.69, 9.17) is 0 Å². The van der Waals surface area contributed by atoms with Crippen molar-refractivity contribution in [3.05, 3.63) is 70.4 Å². The van der Waals surface area contributed by atoms with Crippen molar-refractivity contribution in [1.82, 2.24) is 10.2 Å². The Morgan fingerprint density at radius 3 is 2.41 bits per heavy atom. The molecule has 0 aliphatic heterocycles. The third-order valence-electron chi connectivity index (χ3n) is 4.32. The second kappa shape index (κ2) is 9.00. The summed E-state index contributed by atoms with van der Waals surface area (Å²) in [4.78, 5) is 28.1. The maximum atomic E-state index is 12.8. The van der Waals surface area contributed by atoms with Crippen LogP contribution in [0.3, 0.4) is 0 Å². The van der Waals surface area contributed by atoms with E-state index in [9.17, 15) is 9.59 Å². The van der Waals surface area contributed by atoms with Crippen LogP contribution in [0.1, 0.15) is 48.5 Å². The van der Waals surface area contributed by atoms with Crippen molar-refractivity contribution >= 4 is 23.2 Å². The number of hydrogen-bond acceptors (Lipinski definition) is 3. The molecule has 0 aliphatic rings. The number of nitrogens with zero attached hydrogens (tertiary/aromatic N) is 1. The first-order valence-corrected chi connectivity index (χ1v) is 9.94. The van der Waals surface area contributed by atoms with Gasteiger partial charge in [-0.15, -0.1) is 17.9 Å². The van der Waals surface area contributed by atoms with Gasteiger partial charge in [0.25, 0.3) is 5.91 Å². The molecule has 4 nitrogen and oxygen atoms in total. The highest BCUT2D eigenvalue weighted by Crippen LogP contribution is 2.22. The van der Waals surface area contributed by atoms with Gasteiger partial charge in [0.2, 0.25) is 5.91 Å². The van der Waals surface area contributed by atoms with Gasteiger partial charge in [-0.2, -0.15) is 0 Å². The Hall–Kier alpha value is -2.40. The Labute approximate surface area is 165 Å². The van der Waals surface area contributed by atoms with Gasteiger partial charge < -0.3 is 10.2 Å². The molecule has 1 aromatic heterocycles. The molecule has 0 saturated carbocycles. The summed E-state index contributed by atoms with van der Waals surface area (Å²) in [7, 11) is 0. The van der Waals surface area contributed by atoms with E-state index in [1.54, 1.807) is 41.4 Å². The standard InChI is InChI=1S/C22H28N2O2S/c1-6-13-24(15-19-8-7-14-27-19)21(26)16(2)23-20(25)17-9-11-18(12-10-17)22(3,4)5/h6-12,14,16H,1,13,15H2,2-5H3,(H,23,25). The van der Waals surface area contributed by atoms with Crippen molar-refractivity contribution in [2.45, 2.75) is 45.7 Å². The molecule has 2 amide bonds. The number of nitrogens with one attached hydrogen (secondary N) is 1. The highest BCUT2D eigenvalue weighted by atomic mass is 32.1. The number of carbonyl (C=O) groups excluding carboxylic acids is 2. The van der Waals surface area contributed by atoms with Crippen molar-refractivity contribution in [2.75, 3.05) is 6.54 Å². The Balaban J connectivity index is 2.02. The van der Waals surface area contributed by atoms with Crippen molar-refractivity contribution in [3.63, 3.8) is 0 Å². The smallest absolute Gasteiger partial charge is 0.251 e. The van der Waals surface area contributed by atoms with Crippen LogP contribution in [0, 0.1) is 0 Å². The zero-order valence-electron chi connectivity index (χ0n) is 16.5. The van der Waals surface area contributed by atoms with Crippen LogP contribution in [-0.2, 0) is 16.8 Å². The van der Waals surface area contributed by atoms with E-state index in [1.807, 2.05) is 29.6 Å². The molecule has 0 saturated heterocycles. The van der Waals surface area contributed by atoms with Gasteiger partial charge in [-0.3, -0.25) is 9.59 Å². The van der Waals surface area contributed by atoms with E-state index >= 15 is 0 Å². The molecular formula is C22H28N2O2S. The molecule has 1 atom stereocenters. The zero-order valence-corrected chi connectivity index (χ0v) is 17.3. The molecule has 1 unspecified atom stereocenters. The van der Waals surface area contributed by atoms with Gasteiger partial charge in [0, 0.05) is 17.0 Å². The number of amides is 2. The highest BCUT2D eigenvalue weighted by Gasteiger charge is 2.22. The summed E-state index contributed by atoms with van der Waals surface area (Å²) in [5.41, 5.74) is 1.75. The maximum Gasteiger partial charge on any atom is 0.251 e. The van der Waals surface area contributed by atoms with Gasteiger partial charge in [-0.25, -0.2) is 0 Å². The predicted octanol–water partition coefficient (Wildman–Crippen LogP) is 4.38. The lowest BCUT2D eigenvalue weighted by Gasteiger charge is -2.25. The Morgan fingerprint density at radius 1 is 1.22 bits per heavy atom. The van der Waals surface area contributed by atoms with E-state index in [1.165, 1.54) is 0 Å². The number of benzene rings is 1. The van der Waals surface area contributed by atoms with Gasteiger partial charge in [0.15, 0.2) is 0 Å². The molecule has 2 aromatic rings. The SMILES string of the molecule is C=CCN(Cc1cccs1)C(=O)C(C)NC(=O)c1ccc(C(C)(C)C)cc1. The van der Waals surface area contributed by atoms with Crippen LogP contribution in [0.2, 0.25) is 0 Å². The fraction of sp³-hybridized carbons (Fsp3) is 0.364. The van der Waals surface area contributed by atoms with Crippen LogP contribution in [0.4, 0.5) is 0 Å². The van der Waals surface area contributed by atoms with E-state index in [-0.39, 0.29) is 17.2 Å². The molecule has 5 heteroatoms. The van der Waals surface area contributed by atoms with Crippen molar-refractivity contribution in [1.29, 1.82) is 0 Å². The molecule has 0 bridgehead atoms. The minimum absolute atomic E-state index is 0.0330. The van der Waals surface area contributed by atoms with Crippen LogP contribution in [-0.4, -0.2) is 29.3 Å². The molecule has 0 fully saturated rings. The van der Waals surface area contributed by atoms with Crippen LogP contribution in [0.25, 0.3) is 0 Å². The minimum atomic E-state index is -0.611. The van der Waals surface area contributed by atoms with E-state index < -0.39 is 6.04 Å². The number of hydrogen-bond donors (Lipinski definition) is 1. The lowest BCUT2D eigenvalue weighted by atomic mass is 9.86. The van der Waals surface area contributed by atoms with Crippen LogP contribution < -0.4 is 5.32 Å². The summed E-state index contributed by atoms with van der Waals surface area (Å²) in [6, 6.07) is 10.9. The molecule has 0 spiro atoms. The van der Waals surface area contributed by atoms with E-state index in [2.05, 4.69) is 32.7 Å². The van der Waals surface area contributed by atoms with Crippen LogP contribution in [0.5, 0.6) is 0 Å². The predicted molar refractivity (Wildman–Crippen MR) is 112 cm³/mol. The quantitative estimate of drug-likeness (QED) is 0.720. The first kappa shape index (κ1) is 20.9. The first-order chi connectivity index (χ1) is 12.7. The summed E-state index contributed by atoms with van der Waals surface area (Å²) in [5, 5.41) is 4.80. The second-order valence-corrected chi connectivity index (χ2v) is 8.64. The molecule has 0 radical (unpaired) electrons. The molecular weight excluding hydrogens is 356 g/mol. The first-order valence-electron chi connectivity index (χ1n) is 9.06. The zero-order chi connectivity index (χ0) is 20.0. The lowest BCUT2D eigenvalue weighted by molar-refractivity contribution is -0.132. The molecule has 1 N–H and O–H groups in total. The summed E-state index contributed by atoms with van der Waals surface area (Å²) in [6.07, 6.45) is 1.70. The Morgan fingerprint density at radius 2 is 1.89 bits per heavy atom. The van der Waals surface area contributed by atoms with Crippen LogP contribution >= 0.6 is 11.3 Å². The third kappa shape index (κ3) is 5.79. The topological polar surface area (TPSA) is 49.4 Å². The van der Waals surface area contributed by atoms with Crippen molar-refractivity contribution < 1.29 is 9.59 Å². The average molecular weight is 385 g/mol. The Kier molecular flexibility index (Phi) is 6.97. The van der Waals surface area contributed by atoms with Crippen molar-refractivity contribution in [3.8, 4) is 0 Å². The molecule has 1 heterocycles. The number of thiophene rings is 1. The summed E-state index contributed by atoms with van der Waals surface area (Å²) >= 11 is 1.60. The van der Waals surface area contributed by atoms with Gasteiger partial charge >= 0.3 is 0 Å². The third-order valence-corrected chi connectivity index (χ3v) is 5.18. The molecule has 27 heavy (non-hydrogen) atoms. The van der Waals surface area contributed by atoms with Gasteiger partial charge in [-0.05, 0) is 41.5 Å². The summed E-state index contributed by atoms with van der Waals surface area (Å²) < 4.78 is 0. The molecule has 1 aromatic carbocycles. The lowest BCUT2D eigenvalue weighted by Crippen LogP contribution is -2.46. The van der Waals surface area contributed by atoms with E-state index in [0.29, 0.717) is 18.7 Å². The van der Waals surface area contributed by atoms with Gasteiger partial charge in [0.05, 0.1) is 6.54 Å². The minimum Gasteiger partial charge on any atom is -0.341 e. The van der Waals surface area contributed by atoms with Gasteiger partial charge in [-0.1, -0.05) is 45.0 Å². The number of rotatable bonds is 7. The summed E-state index contributed by atoms with van der Waals surface area (Å²) in [5.74, 6) is -0.367. The normalized spacial score (nSPS) is 12.3. The fourth-order valence-electron chi connectivity index (χ4n) is 2.72. The second-order valence-electron chi connectivity index (χ2n) is 7.61. The van der Waals surface area contributed by atoms with Gasteiger partial charge in [0.1, 0.15) is 6.04 Å². The monoisotopic (exact) mass is 384 g/mol. The molecule has 0 aliphatic carbocycles. The highest BCUT2D eigenvalue weighted by molar-refractivity contribution is 7.09.